The summed E-state index contributed by atoms with van der Waals surface area (Å²) in [6.07, 6.45) is 3.96. The third kappa shape index (κ3) is 2.22. The van der Waals surface area contributed by atoms with Gasteiger partial charge in [-0.05, 0) is 31.9 Å². The van der Waals surface area contributed by atoms with E-state index in [1.54, 1.807) is 17.7 Å². The normalized spacial score (nSPS) is 11.3. The van der Waals surface area contributed by atoms with Crippen LogP contribution in [0, 0.1) is 13.8 Å². The molecule has 0 fully saturated rings. The fraction of sp³-hybridized carbons (Fsp3) is 0.400. The van der Waals surface area contributed by atoms with Gasteiger partial charge in [0.2, 0.25) is 0 Å². The Balaban J connectivity index is 2.17. The molecule has 0 unspecified atom stereocenters. The van der Waals surface area contributed by atoms with Crippen molar-refractivity contribution in [2.75, 3.05) is 11.9 Å². The highest BCUT2D eigenvalue weighted by atomic mass is 32.1. The summed E-state index contributed by atoms with van der Waals surface area (Å²) in [6, 6.07) is 2.11. The molecule has 0 aliphatic heterocycles. The Hall–Kier alpha value is -1.75. The molecule has 0 aliphatic rings. The molecule has 3 aromatic heterocycles. The Labute approximate surface area is 122 Å². The zero-order chi connectivity index (χ0) is 14.1. The Kier molecular flexibility index (Phi) is 3.53. The number of pyridine rings is 1. The summed E-state index contributed by atoms with van der Waals surface area (Å²) in [6.45, 7) is 7.29. The SMILES string of the molecule is CCCCNc1ncnc2c1sc1nc(C)cc(C)c12. The summed E-state index contributed by atoms with van der Waals surface area (Å²) in [7, 11) is 0. The van der Waals surface area contributed by atoms with Gasteiger partial charge in [-0.1, -0.05) is 13.3 Å². The molecule has 20 heavy (non-hydrogen) atoms. The van der Waals surface area contributed by atoms with Gasteiger partial charge in [0.15, 0.2) is 0 Å². The van der Waals surface area contributed by atoms with E-state index in [2.05, 4.69) is 40.2 Å². The fourth-order valence-corrected chi connectivity index (χ4v) is 3.63. The standard InChI is InChI=1S/C15H18N4S/c1-4-5-6-16-14-13-12(17-8-18-14)11-9(2)7-10(3)19-15(11)20-13/h7-8H,4-6H2,1-3H3,(H,16,17,18). The van der Waals surface area contributed by atoms with E-state index in [0.717, 1.165) is 44.9 Å². The highest BCUT2D eigenvalue weighted by Gasteiger charge is 2.14. The average molecular weight is 286 g/mol. The number of aryl methyl sites for hydroxylation is 2. The molecule has 0 bridgehead atoms. The second kappa shape index (κ2) is 5.32. The molecule has 3 heterocycles. The van der Waals surface area contributed by atoms with Crippen molar-refractivity contribution in [2.24, 2.45) is 0 Å². The van der Waals surface area contributed by atoms with Crippen molar-refractivity contribution in [3.05, 3.63) is 23.7 Å². The smallest absolute Gasteiger partial charge is 0.147 e. The van der Waals surface area contributed by atoms with Gasteiger partial charge in [0.25, 0.3) is 0 Å². The fourth-order valence-electron chi connectivity index (χ4n) is 2.42. The van der Waals surface area contributed by atoms with Crippen LogP contribution in [0.4, 0.5) is 5.82 Å². The number of rotatable bonds is 4. The van der Waals surface area contributed by atoms with E-state index in [9.17, 15) is 0 Å². The van der Waals surface area contributed by atoms with Crippen LogP contribution in [-0.4, -0.2) is 21.5 Å². The molecule has 0 saturated carbocycles. The van der Waals surface area contributed by atoms with Crippen molar-refractivity contribution >= 4 is 37.6 Å². The molecular weight excluding hydrogens is 268 g/mol. The molecule has 4 nitrogen and oxygen atoms in total. The van der Waals surface area contributed by atoms with Crippen molar-refractivity contribution in [1.82, 2.24) is 15.0 Å². The van der Waals surface area contributed by atoms with Gasteiger partial charge in [-0.25, -0.2) is 15.0 Å². The number of aromatic nitrogens is 3. The predicted octanol–water partition coefficient (Wildman–Crippen LogP) is 4.07. The van der Waals surface area contributed by atoms with Crippen LogP contribution < -0.4 is 5.32 Å². The van der Waals surface area contributed by atoms with Gasteiger partial charge in [0, 0.05) is 17.6 Å². The summed E-state index contributed by atoms with van der Waals surface area (Å²) < 4.78 is 1.11. The van der Waals surface area contributed by atoms with Crippen molar-refractivity contribution in [3.63, 3.8) is 0 Å². The maximum absolute atomic E-state index is 4.63. The van der Waals surface area contributed by atoms with Gasteiger partial charge in [0.05, 0.1) is 10.2 Å². The number of nitrogens with one attached hydrogen (secondary N) is 1. The second-order valence-corrected chi connectivity index (χ2v) is 6.04. The third-order valence-electron chi connectivity index (χ3n) is 3.37. The minimum absolute atomic E-state index is 0.934. The number of hydrogen-bond acceptors (Lipinski definition) is 5. The van der Waals surface area contributed by atoms with Crippen LogP contribution in [0.25, 0.3) is 20.4 Å². The third-order valence-corrected chi connectivity index (χ3v) is 4.45. The Morgan fingerprint density at radius 1 is 1.25 bits per heavy atom. The molecule has 0 aliphatic carbocycles. The Morgan fingerprint density at radius 2 is 2.10 bits per heavy atom. The first-order chi connectivity index (χ1) is 9.70. The first-order valence-corrected chi connectivity index (χ1v) is 7.77. The second-order valence-electron chi connectivity index (χ2n) is 5.04. The van der Waals surface area contributed by atoms with E-state index in [1.165, 1.54) is 12.0 Å². The molecule has 0 atom stereocenters. The maximum Gasteiger partial charge on any atom is 0.147 e. The topological polar surface area (TPSA) is 50.7 Å². The van der Waals surface area contributed by atoms with Gasteiger partial charge >= 0.3 is 0 Å². The van der Waals surface area contributed by atoms with Gasteiger partial charge < -0.3 is 5.32 Å². The van der Waals surface area contributed by atoms with Crippen molar-refractivity contribution in [1.29, 1.82) is 0 Å². The molecule has 0 aromatic carbocycles. The lowest BCUT2D eigenvalue weighted by molar-refractivity contribution is 0.832. The molecule has 5 heteroatoms. The number of anilines is 1. The molecular formula is C15H18N4S. The highest BCUT2D eigenvalue weighted by Crippen LogP contribution is 2.36. The van der Waals surface area contributed by atoms with Crippen LogP contribution in [0.2, 0.25) is 0 Å². The number of thiophene rings is 1. The molecule has 0 saturated heterocycles. The maximum atomic E-state index is 4.63. The summed E-state index contributed by atoms with van der Waals surface area (Å²) in [4.78, 5) is 14.5. The molecule has 1 N–H and O–H groups in total. The van der Waals surface area contributed by atoms with Crippen LogP contribution in [-0.2, 0) is 0 Å². The molecule has 3 rings (SSSR count). The number of unbranched alkanes of at least 4 members (excludes halogenated alkanes) is 1. The van der Waals surface area contributed by atoms with Crippen LogP contribution in [0.15, 0.2) is 12.4 Å². The molecule has 104 valence electrons. The summed E-state index contributed by atoms with van der Waals surface area (Å²) in [5, 5.41) is 4.58. The lowest BCUT2D eigenvalue weighted by Crippen LogP contribution is -2.02. The Bertz CT molecular complexity index is 763. The zero-order valence-electron chi connectivity index (χ0n) is 12.0. The van der Waals surface area contributed by atoms with Crippen LogP contribution in [0.3, 0.4) is 0 Å². The number of hydrogen-bond donors (Lipinski definition) is 1. The number of fused-ring (bicyclic) bond motifs is 3. The van der Waals surface area contributed by atoms with Crippen molar-refractivity contribution < 1.29 is 0 Å². The first kappa shape index (κ1) is 13.2. The molecule has 3 aromatic rings. The quantitative estimate of drug-likeness (QED) is 0.735. The molecule has 0 spiro atoms. The van der Waals surface area contributed by atoms with Crippen LogP contribution >= 0.6 is 11.3 Å². The largest absolute Gasteiger partial charge is 0.369 e. The van der Waals surface area contributed by atoms with Gasteiger partial charge in [0.1, 0.15) is 17.0 Å². The summed E-state index contributed by atoms with van der Waals surface area (Å²) in [5.41, 5.74) is 3.30. The van der Waals surface area contributed by atoms with Gasteiger partial charge in [-0.15, -0.1) is 11.3 Å². The van der Waals surface area contributed by atoms with Crippen molar-refractivity contribution in [2.45, 2.75) is 33.6 Å². The van der Waals surface area contributed by atoms with Crippen LogP contribution in [0.5, 0.6) is 0 Å². The predicted molar refractivity (Wildman–Crippen MR) is 85.6 cm³/mol. The van der Waals surface area contributed by atoms with Crippen molar-refractivity contribution in [3.8, 4) is 0 Å². The average Bonchev–Trinajstić information content (AvgIpc) is 2.78. The van der Waals surface area contributed by atoms with E-state index in [-0.39, 0.29) is 0 Å². The Morgan fingerprint density at radius 3 is 2.90 bits per heavy atom. The zero-order valence-corrected chi connectivity index (χ0v) is 12.8. The molecule has 0 radical (unpaired) electrons. The minimum Gasteiger partial charge on any atom is -0.369 e. The van der Waals surface area contributed by atoms with Crippen LogP contribution in [0.1, 0.15) is 31.0 Å². The lowest BCUT2D eigenvalue weighted by Gasteiger charge is -2.04. The molecule has 0 amide bonds. The summed E-state index contributed by atoms with van der Waals surface area (Å²) in [5.74, 6) is 0.934. The van der Waals surface area contributed by atoms with E-state index in [1.807, 2.05) is 6.92 Å². The van der Waals surface area contributed by atoms with E-state index >= 15 is 0 Å². The number of nitrogens with zero attached hydrogens (tertiary/aromatic N) is 3. The summed E-state index contributed by atoms with van der Waals surface area (Å²) >= 11 is 1.68. The van der Waals surface area contributed by atoms with E-state index in [4.69, 9.17) is 0 Å². The van der Waals surface area contributed by atoms with E-state index in [0.29, 0.717) is 0 Å². The van der Waals surface area contributed by atoms with Gasteiger partial charge in [-0.2, -0.15) is 0 Å². The van der Waals surface area contributed by atoms with Gasteiger partial charge in [-0.3, -0.25) is 0 Å². The lowest BCUT2D eigenvalue weighted by atomic mass is 10.1. The van der Waals surface area contributed by atoms with E-state index < -0.39 is 0 Å². The first-order valence-electron chi connectivity index (χ1n) is 6.96. The highest BCUT2D eigenvalue weighted by molar-refractivity contribution is 7.26. The minimum atomic E-state index is 0.934. The monoisotopic (exact) mass is 286 g/mol.